The predicted octanol–water partition coefficient (Wildman–Crippen LogP) is 3.59. The van der Waals surface area contributed by atoms with E-state index in [0.717, 1.165) is 74.4 Å². The van der Waals surface area contributed by atoms with Gasteiger partial charge in [-0.25, -0.2) is 0 Å². The van der Waals surface area contributed by atoms with Gasteiger partial charge in [0.2, 0.25) is 0 Å². The van der Waals surface area contributed by atoms with Crippen molar-refractivity contribution in [1.29, 1.82) is 0 Å². The van der Waals surface area contributed by atoms with E-state index in [1.165, 1.54) is 5.56 Å². The summed E-state index contributed by atoms with van der Waals surface area (Å²) in [6.45, 7) is 3.46. The van der Waals surface area contributed by atoms with E-state index in [0.29, 0.717) is 12.0 Å². The quantitative estimate of drug-likeness (QED) is 0.797. The number of hydrogen-bond acceptors (Lipinski definition) is 4. The zero-order valence-electron chi connectivity index (χ0n) is 12.9. The maximum atomic E-state index is 6.20. The summed E-state index contributed by atoms with van der Waals surface area (Å²) in [5.41, 5.74) is 9.42. The Hall–Kier alpha value is -0.780. The predicted molar refractivity (Wildman–Crippen MR) is 93.3 cm³/mol. The van der Waals surface area contributed by atoms with E-state index in [-0.39, 0.29) is 0 Å². The number of rotatable bonds is 4. The lowest BCUT2D eigenvalue weighted by molar-refractivity contribution is 0.0665. The Kier molecular flexibility index (Phi) is 5.61. The van der Waals surface area contributed by atoms with Crippen LogP contribution >= 0.6 is 15.9 Å². The molecule has 0 saturated carbocycles. The molecule has 4 nitrogen and oxygen atoms in total. The highest BCUT2D eigenvalue weighted by Gasteiger charge is 2.18. The smallest absolute Gasteiger partial charge is 0.0579 e. The highest BCUT2D eigenvalue weighted by atomic mass is 79.9. The van der Waals surface area contributed by atoms with Crippen molar-refractivity contribution in [3.8, 4) is 0 Å². The van der Waals surface area contributed by atoms with E-state index in [9.17, 15) is 0 Å². The number of nitrogens with one attached hydrogen (secondary N) is 1. The zero-order chi connectivity index (χ0) is 15.4. The van der Waals surface area contributed by atoms with E-state index in [2.05, 4.69) is 27.3 Å². The Bertz CT molecular complexity index is 456. The highest BCUT2D eigenvalue weighted by molar-refractivity contribution is 9.10. The van der Waals surface area contributed by atoms with Gasteiger partial charge in [-0.05, 0) is 55.7 Å². The molecule has 0 aliphatic carbocycles. The molecule has 2 heterocycles. The summed E-state index contributed by atoms with van der Waals surface area (Å²) < 4.78 is 12.0. The fourth-order valence-corrected chi connectivity index (χ4v) is 3.76. The maximum absolute atomic E-state index is 6.20. The van der Waals surface area contributed by atoms with E-state index in [1.807, 2.05) is 6.07 Å². The first-order chi connectivity index (χ1) is 10.7. The van der Waals surface area contributed by atoms with Gasteiger partial charge < -0.3 is 20.5 Å². The third-order valence-electron chi connectivity index (χ3n) is 4.65. The van der Waals surface area contributed by atoms with Crippen LogP contribution in [0.1, 0.15) is 31.2 Å². The SMILES string of the molecule is Nc1cc(Br)c(CC2CCOCC2)cc1NC1CCOCC1. The van der Waals surface area contributed by atoms with Crippen LogP contribution in [0.2, 0.25) is 0 Å². The fourth-order valence-electron chi connectivity index (χ4n) is 3.24. The Morgan fingerprint density at radius 2 is 1.68 bits per heavy atom. The van der Waals surface area contributed by atoms with Crippen LogP contribution in [0.25, 0.3) is 0 Å². The van der Waals surface area contributed by atoms with Crippen molar-refractivity contribution in [3.63, 3.8) is 0 Å². The van der Waals surface area contributed by atoms with Gasteiger partial charge in [-0.15, -0.1) is 0 Å². The van der Waals surface area contributed by atoms with Crippen molar-refractivity contribution >= 4 is 27.3 Å². The number of benzene rings is 1. The molecule has 122 valence electrons. The van der Waals surface area contributed by atoms with Crippen molar-refractivity contribution in [2.75, 3.05) is 37.5 Å². The Labute approximate surface area is 140 Å². The van der Waals surface area contributed by atoms with Crippen molar-refractivity contribution in [1.82, 2.24) is 0 Å². The number of ether oxygens (including phenoxy) is 2. The third-order valence-corrected chi connectivity index (χ3v) is 5.39. The molecule has 0 aromatic heterocycles. The van der Waals surface area contributed by atoms with Crippen LogP contribution in [-0.2, 0) is 15.9 Å². The van der Waals surface area contributed by atoms with Crippen LogP contribution in [0.4, 0.5) is 11.4 Å². The Morgan fingerprint density at radius 1 is 1.05 bits per heavy atom. The van der Waals surface area contributed by atoms with Gasteiger partial charge in [0.1, 0.15) is 0 Å². The molecule has 2 fully saturated rings. The maximum Gasteiger partial charge on any atom is 0.0579 e. The van der Waals surface area contributed by atoms with Crippen LogP contribution in [0.3, 0.4) is 0 Å². The molecule has 2 saturated heterocycles. The number of nitrogen functional groups attached to an aromatic ring is 1. The van der Waals surface area contributed by atoms with Crippen LogP contribution in [0.5, 0.6) is 0 Å². The minimum absolute atomic E-state index is 0.466. The van der Waals surface area contributed by atoms with Crippen LogP contribution in [-0.4, -0.2) is 32.5 Å². The van der Waals surface area contributed by atoms with Gasteiger partial charge in [-0.3, -0.25) is 0 Å². The second kappa shape index (κ2) is 7.66. The summed E-state index contributed by atoms with van der Waals surface area (Å²) in [4.78, 5) is 0. The molecule has 3 N–H and O–H groups in total. The number of nitrogens with two attached hydrogens (primary N) is 1. The molecule has 1 aromatic rings. The Morgan fingerprint density at radius 3 is 2.36 bits per heavy atom. The Balaban J connectivity index is 1.70. The van der Waals surface area contributed by atoms with E-state index in [4.69, 9.17) is 15.2 Å². The first-order valence-corrected chi connectivity index (χ1v) is 9.01. The van der Waals surface area contributed by atoms with Crippen molar-refractivity contribution in [3.05, 3.63) is 22.2 Å². The van der Waals surface area contributed by atoms with Crippen LogP contribution in [0, 0.1) is 5.92 Å². The molecule has 0 atom stereocenters. The normalized spacial score (nSPS) is 21.0. The molecule has 3 rings (SSSR count). The zero-order valence-corrected chi connectivity index (χ0v) is 14.5. The monoisotopic (exact) mass is 368 g/mol. The van der Waals surface area contributed by atoms with Crippen molar-refractivity contribution < 1.29 is 9.47 Å². The first-order valence-electron chi connectivity index (χ1n) is 8.22. The summed E-state index contributed by atoms with van der Waals surface area (Å²) in [7, 11) is 0. The largest absolute Gasteiger partial charge is 0.397 e. The lowest BCUT2D eigenvalue weighted by atomic mass is 9.92. The van der Waals surface area contributed by atoms with Gasteiger partial charge in [0, 0.05) is 36.9 Å². The van der Waals surface area contributed by atoms with E-state index in [1.54, 1.807) is 0 Å². The summed E-state index contributed by atoms with van der Waals surface area (Å²) in [5, 5.41) is 3.60. The molecular weight excluding hydrogens is 344 g/mol. The van der Waals surface area contributed by atoms with Gasteiger partial charge >= 0.3 is 0 Å². The molecule has 0 radical (unpaired) electrons. The average Bonchev–Trinajstić information content (AvgIpc) is 2.54. The molecule has 22 heavy (non-hydrogen) atoms. The average molecular weight is 369 g/mol. The second-order valence-electron chi connectivity index (χ2n) is 6.32. The molecule has 0 unspecified atom stereocenters. The van der Waals surface area contributed by atoms with Crippen LogP contribution < -0.4 is 11.1 Å². The van der Waals surface area contributed by atoms with E-state index < -0.39 is 0 Å². The first kappa shape index (κ1) is 16.1. The highest BCUT2D eigenvalue weighted by Crippen LogP contribution is 2.32. The van der Waals surface area contributed by atoms with Gasteiger partial charge in [-0.2, -0.15) is 0 Å². The molecule has 2 aliphatic heterocycles. The molecular formula is C17H25BrN2O2. The minimum Gasteiger partial charge on any atom is -0.397 e. The summed E-state index contributed by atoms with van der Waals surface area (Å²) in [6.07, 6.45) is 5.49. The standard InChI is InChI=1S/C17H25BrN2O2/c18-15-11-16(19)17(20-14-3-7-22-8-4-14)10-13(15)9-12-1-5-21-6-2-12/h10-12,14,20H,1-9,19H2. The lowest BCUT2D eigenvalue weighted by Crippen LogP contribution is -2.28. The molecule has 2 aliphatic rings. The summed E-state index contributed by atoms with van der Waals surface area (Å²) in [6, 6.07) is 4.73. The molecule has 5 heteroatoms. The topological polar surface area (TPSA) is 56.5 Å². The van der Waals surface area contributed by atoms with Gasteiger partial charge in [0.25, 0.3) is 0 Å². The van der Waals surface area contributed by atoms with Gasteiger partial charge in [0.15, 0.2) is 0 Å². The third kappa shape index (κ3) is 4.15. The minimum atomic E-state index is 0.466. The van der Waals surface area contributed by atoms with E-state index >= 15 is 0 Å². The summed E-state index contributed by atoms with van der Waals surface area (Å²) >= 11 is 3.67. The fraction of sp³-hybridized carbons (Fsp3) is 0.647. The summed E-state index contributed by atoms with van der Waals surface area (Å²) in [5.74, 6) is 0.713. The van der Waals surface area contributed by atoms with Crippen molar-refractivity contribution in [2.45, 2.75) is 38.1 Å². The molecule has 0 spiro atoms. The number of anilines is 2. The van der Waals surface area contributed by atoms with Gasteiger partial charge in [-0.1, -0.05) is 15.9 Å². The van der Waals surface area contributed by atoms with Gasteiger partial charge in [0.05, 0.1) is 11.4 Å². The molecule has 0 bridgehead atoms. The van der Waals surface area contributed by atoms with Crippen molar-refractivity contribution in [2.24, 2.45) is 5.92 Å². The molecule has 1 aromatic carbocycles. The number of hydrogen-bond donors (Lipinski definition) is 2. The number of halogens is 1. The second-order valence-corrected chi connectivity index (χ2v) is 7.18. The molecule has 0 amide bonds. The lowest BCUT2D eigenvalue weighted by Gasteiger charge is -2.26. The van der Waals surface area contributed by atoms with Crippen LogP contribution in [0.15, 0.2) is 16.6 Å².